The van der Waals surface area contributed by atoms with Crippen molar-refractivity contribution in [3.05, 3.63) is 83.9 Å². The summed E-state index contributed by atoms with van der Waals surface area (Å²) in [6, 6.07) is 6.89. The molecule has 23 heteroatoms. The number of likely N-dealkylation sites (N-methyl/N-ethyl adjacent to an activating group) is 1. The number of hydrazine groups is 1. The summed E-state index contributed by atoms with van der Waals surface area (Å²) in [5.41, 5.74) is 15.8. The van der Waals surface area contributed by atoms with E-state index in [2.05, 4.69) is 47.0 Å². The summed E-state index contributed by atoms with van der Waals surface area (Å²) < 4.78 is 0. The molecule has 7 unspecified atom stereocenters. The number of aromatic hydroxyl groups is 1. The summed E-state index contributed by atoms with van der Waals surface area (Å²) in [5, 5.41) is 34.7. The minimum atomic E-state index is -1.34. The number of phenols is 1. The highest BCUT2D eigenvalue weighted by Crippen LogP contribution is 2.19. The number of aromatic nitrogens is 2. The topological polar surface area (TPSA) is 349 Å². The highest BCUT2D eigenvalue weighted by molar-refractivity contribution is 5.96. The van der Waals surface area contributed by atoms with Crippen LogP contribution < -0.4 is 43.5 Å². The number of nitrogens with one attached hydrogen (secondary N) is 7. The number of carbonyl (C=O) groups excluding carboxylic acids is 7. The number of aromatic amines is 1. The Kier molecular flexibility index (Phi) is 21.9. The SMILES string of the molecule is CC(C)C(NC(=O)C(CCCN=C(N)N)NN(C)CC(=O)NC(Cc1ccccc1)C(=O)O)C(=O)NC(Cc1ccc(O)cc1)C(=O)NC(C(=O)NC(Cc1cnc[nH]1)C(=O)N1CCCC1C=O)C(C)C. The van der Waals surface area contributed by atoms with Crippen LogP contribution in [0.4, 0.5) is 0 Å². The van der Waals surface area contributed by atoms with Crippen LogP contribution in [0.25, 0.3) is 0 Å². The van der Waals surface area contributed by atoms with Gasteiger partial charge in [0.1, 0.15) is 48.3 Å². The van der Waals surface area contributed by atoms with Crippen molar-refractivity contribution in [1.29, 1.82) is 0 Å². The quantitative estimate of drug-likeness (QED) is 0.0137. The summed E-state index contributed by atoms with van der Waals surface area (Å²) in [4.78, 5) is 120. The van der Waals surface area contributed by atoms with Gasteiger partial charge in [0.25, 0.3) is 0 Å². The van der Waals surface area contributed by atoms with E-state index in [4.69, 9.17) is 11.5 Å². The molecule has 71 heavy (non-hydrogen) atoms. The predicted molar refractivity (Wildman–Crippen MR) is 261 cm³/mol. The molecule has 1 aromatic heterocycles. The smallest absolute Gasteiger partial charge is 0.326 e. The number of imidazole rings is 1. The molecule has 23 nitrogen and oxygen atoms in total. The molecule has 13 N–H and O–H groups in total. The van der Waals surface area contributed by atoms with Crippen molar-refractivity contribution >= 4 is 53.7 Å². The van der Waals surface area contributed by atoms with Crippen LogP contribution in [0.2, 0.25) is 0 Å². The molecule has 1 aliphatic rings. The lowest BCUT2D eigenvalue weighted by molar-refractivity contribution is -0.142. The molecule has 0 aliphatic carbocycles. The summed E-state index contributed by atoms with van der Waals surface area (Å²) in [7, 11) is 1.49. The number of nitrogens with two attached hydrogens (primary N) is 2. The number of carboxylic acids is 1. The van der Waals surface area contributed by atoms with Crippen molar-refractivity contribution in [3.8, 4) is 5.75 Å². The molecular weight excluding hydrogens is 919 g/mol. The first-order valence-corrected chi connectivity index (χ1v) is 23.6. The molecule has 386 valence electrons. The second-order valence-corrected chi connectivity index (χ2v) is 18.2. The predicted octanol–water partition coefficient (Wildman–Crippen LogP) is -0.988. The summed E-state index contributed by atoms with van der Waals surface area (Å²) >= 11 is 0. The molecule has 0 radical (unpaired) electrons. The van der Waals surface area contributed by atoms with E-state index in [1.54, 1.807) is 70.2 Å². The molecule has 6 amide bonds. The first-order chi connectivity index (χ1) is 33.8. The number of aliphatic imine (C=N–C) groups is 1. The van der Waals surface area contributed by atoms with E-state index in [0.29, 0.717) is 42.5 Å². The van der Waals surface area contributed by atoms with Crippen LogP contribution in [-0.4, -0.2) is 153 Å². The van der Waals surface area contributed by atoms with Gasteiger partial charge < -0.3 is 62.9 Å². The summed E-state index contributed by atoms with van der Waals surface area (Å²) in [5.74, 6) is -6.48. The number of carbonyl (C=O) groups is 8. The van der Waals surface area contributed by atoms with E-state index in [9.17, 15) is 48.6 Å². The van der Waals surface area contributed by atoms with Crippen molar-refractivity contribution in [2.75, 3.05) is 26.7 Å². The highest BCUT2D eigenvalue weighted by atomic mass is 16.4. The Hall–Kier alpha value is -7.40. The van der Waals surface area contributed by atoms with Gasteiger partial charge in [-0.2, -0.15) is 0 Å². The van der Waals surface area contributed by atoms with Gasteiger partial charge in [0, 0.05) is 51.3 Å². The van der Waals surface area contributed by atoms with E-state index < -0.39 is 95.5 Å². The first kappa shape index (κ1) is 56.2. The van der Waals surface area contributed by atoms with Crippen LogP contribution in [-0.2, 0) is 57.6 Å². The molecule has 7 atom stereocenters. The number of likely N-dealkylation sites (tertiary alicyclic amines) is 1. The van der Waals surface area contributed by atoms with Gasteiger partial charge in [0.05, 0.1) is 18.9 Å². The molecule has 4 rings (SSSR count). The van der Waals surface area contributed by atoms with Crippen molar-refractivity contribution in [3.63, 3.8) is 0 Å². The number of benzene rings is 2. The number of hydrogen-bond acceptors (Lipinski definition) is 13. The number of carboxylic acid groups (broad SMARTS) is 1. The van der Waals surface area contributed by atoms with E-state index in [1.807, 2.05) is 0 Å². The van der Waals surface area contributed by atoms with Gasteiger partial charge in [0.15, 0.2) is 5.96 Å². The van der Waals surface area contributed by atoms with Crippen LogP contribution in [0.3, 0.4) is 0 Å². The zero-order chi connectivity index (χ0) is 52.2. The molecule has 0 bridgehead atoms. The molecule has 0 saturated carbocycles. The lowest BCUT2D eigenvalue weighted by atomic mass is 9.98. The second-order valence-electron chi connectivity index (χ2n) is 18.2. The lowest BCUT2D eigenvalue weighted by Gasteiger charge is -2.31. The maximum Gasteiger partial charge on any atom is 0.326 e. The first-order valence-electron chi connectivity index (χ1n) is 23.6. The van der Waals surface area contributed by atoms with Gasteiger partial charge in [-0.1, -0.05) is 70.2 Å². The second kappa shape index (κ2) is 27.7. The van der Waals surface area contributed by atoms with Crippen LogP contribution in [0, 0.1) is 11.8 Å². The molecule has 3 aromatic rings. The fourth-order valence-electron chi connectivity index (χ4n) is 7.98. The Morgan fingerprint density at radius 2 is 1.39 bits per heavy atom. The minimum Gasteiger partial charge on any atom is -0.508 e. The van der Waals surface area contributed by atoms with E-state index in [-0.39, 0.29) is 56.9 Å². The van der Waals surface area contributed by atoms with Gasteiger partial charge >= 0.3 is 5.97 Å². The van der Waals surface area contributed by atoms with Gasteiger partial charge in [-0.05, 0) is 60.8 Å². The van der Waals surface area contributed by atoms with Crippen molar-refractivity contribution < 1.29 is 48.6 Å². The zero-order valence-corrected chi connectivity index (χ0v) is 40.8. The molecular formula is C48H69N13O10. The van der Waals surface area contributed by atoms with E-state index in [1.165, 1.54) is 41.6 Å². The number of rotatable bonds is 28. The Morgan fingerprint density at radius 1 is 0.803 bits per heavy atom. The maximum absolute atomic E-state index is 14.4. The van der Waals surface area contributed by atoms with Gasteiger partial charge in [-0.15, -0.1) is 0 Å². The fraction of sp³-hybridized carbons (Fsp3) is 0.500. The Bertz CT molecular complexity index is 2270. The molecule has 0 spiro atoms. The zero-order valence-electron chi connectivity index (χ0n) is 40.8. The van der Waals surface area contributed by atoms with Crippen LogP contribution in [0.5, 0.6) is 5.75 Å². The standard InChI is InChI=1S/C48H69N13O10/c1-28(2)40(57-42(65)35(14-9-19-52-48(49)50)59-60(5)25-39(64)54-38(47(70)71)22-30-11-7-6-8-12-30)44(67)55-36(21-31-15-17-34(63)18-16-31)43(66)58-41(29(3)4)45(68)56-37(23-32-24-51-27-53-32)46(69)61-20-10-13-33(61)26-62/h6-8,11-12,15-18,24,26-29,33,35-38,40-41,59,63H,9-10,13-14,19-23,25H2,1-5H3,(H,51,53)(H,54,64)(H,55,67)(H,56,68)(H,57,65)(H,58,66)(H,70,71)(H4,49,50,52). The van der Waals surface area contributed by atoms with Crippen molar-refractivity contribution in [2.24, 2.45) is 28.3 Å². The Balaban J connectivity index is 1.52. The van der Waals surface area contributed by atoms with Gasteiger partial charge in [-0.25, -0.2) is 20.2 Å². The maximum atomic E-state index is 14.4. The van der Waals surface area contributed by atoms with E-state index in [0.717, 1.165) is 0 Å². The number of aldehydes is 1. The highest BCUT2D eigenvalue weighted by Gasteiger charge is 2.38. The fourth-order valence-corrected chi connectivity index (χ4v) is 7.98. The largest absolute Gasteiger partial charge is 0.508 e. The molecule has 1 fully saturated rings. The number of nitrogens with zero attached hydrogens (tertiary/aromatic N) is 4. The minimum absolute atomic E-state index is 0.0218. The van der Waals surface area contributed by atoms with E-state index >= 15 is 0 Å². The molecule has 2 aromatic carbocycles. The third-order valence-electron chi connectivity index (χ3n) is 11.8. The average Bonchev–Trinajstić information content (AvgIpc) is 4.03. The molecule has 1 saturated heterocycles. The number of hydrogen-bond donors (Lipinski definition) is 11. The number of guanidine groups is 1. The Labute approximate surface area is 412 Å². The number of H-pyrrole nitrogens is 1. The molecule has 1 aliphatic heterocycles. The van der Waals surface area contributed by atoms with Crippen LogP contribution in [0.1, 0.15) is 70.2 Å². The summed E-state index contributed by atoms with van der Waals surface area (Å²) in [6.07, 6.45) is 5.11. The van der Waals surface area contributed by atoms with Crippen molar-refractivity contribution in [2.45, 2.75) is 115 Å². The third-order valence-corrected chi connectivity index (χ3v) is 11.8. The monoisotopic (exact) mass is 988 g/mol. The normalized spacial score (nSPS) is 15.9. The van der Waals surface area contributed by atoms with Crippen LogP contribution in [0.15, 0.2) is 72.1 Å². The van der Waals surface area contributed by atoms with Crippen molar-refractivity contribution in [1.82, 2.24) is 51.9 Å². The third kappa shape index (κ3) is 18.1. The number of phenolic OH excluding ortho intramolecular Hbond substituents is 1. The average molecular weight is 988 g/mol. The van der Waals surface area contributed by atoms with Gasteiger partial charge in [-0.3, -0.25) is 33.8 Å². The van der Waals surface area contributed by atoms with Gasteiger partial charge in [0.2, 0.25) is 35.4 Å². The summed E-state index contributed by atoms with van der Waals surface area (Å²) in [6.45, 7) is 6.88. The lowest BCUT2D eigenvalue weighted by Crippen LogP contribution is -2.61. The number of amides is 6. The molecule has 2 heterocycles. The Morgan fingerprint density at radius 3 is 1.96 bits per heavy atom. The van der Waals surface area contributed by atoms with Crippen LogP contribution >= 0.6 is 0 Å². The number of aliphatic carboxylic acids is 1.